The molecule has 0 amide bonds. The number of aromatic nitrogens is 2. The fraction of sp³-hybridized carbons (Fsp3) is 0.130. The zero-order chi connectivity index (χ0) is 21.3. The van der Waals surface area contributed by atoms with Gasteiger partial charge in [0.2, 0.25) is 0 Å². The number of esters is 1. The van der Waals surface area contributed by atoms with Crippen molar-refractivity contribution in [2.45, 2.75) is 20.5 Å². The topological polar surface area (TPSA) is 77.7 Å². The number of benzene rings is 2. The van der Waals surface area contributed by atoms with Crippen LogP contribution in [0.2, 0.25) is 0 Å². The van der Waals surface area contributed by atoms with Gasteiger partial charge in [-0.05, 0) is 19.9 Å². The van der Waals surface area contributed by atoms with Crippen molar-refractivity contribution >= 4 is 28.1 Å². The summed E-state index contributed by atoms with van der Waals surface area (Å²) >= 11 is 1.34. The molecule has 4 aromatic rings. The van der Waals surface area contributed by atoms with Crippen LogP contribution in [0.1, 0.15) is 43.2 Å². The van der Waals surface area contributed by atoms with Gasteiger partial charge >= 0.3 is 5.97 Å². The van der Waals surface area contributed by atoms with Crippen LogP contribution in [-0.2, 0) is 11.3 Å². The molecule has 7 heteroatoms. The summed E-state index contributed by atoms with van der Waals surface area (Å²) in [4.78, 5) is 42.8. The van der Waals surface area contributed by atoms with Crippen LogP contribution in [0, 0.1) is 13.8 Å². The Morgan fingerprint density at radius 3 is 2.47 bits per heavy atom. The molecule has 6 nitrogen and oxygen atoms in total. The van der Waals surface area contributed by atoms with Crippen LogP contribution in [0.25, 0.3) is 4.96 Å². The number of hydrogen-bond acceptors (Lipinski definition) is 6. The number of hydrogen-bond donors (Lipinski definition) is 0. The van der Waals surface area contributed by atoms with Crippen LogP contribution in [-0.4, -0.2) is 21.1 Å². The first-order valence-corrected chi connectivity index (χ1v) is 10.2. The Morgan fingerprint density at radius 2 is 1.73 bits per heavy atom. The molecule has 0 N–H and O–H groups in total. The van der Waals surface area contributed by atoms with Crippen molar-refractivity contribution in [2.75, 3.05) is 0 Å². The molecular weight excluding hydrogens is 400 g/mol. The van der Waals surface area contributed by atoms with E-state index in [0.29, 0.717) is 16.2 Å². The number of nitrogens with zero attached hydrogens (tertiary/aromatic N) is 2. The molecule has 0 saturated heterocycles. The molecule has 0 aliphatic heterocycles. The minimum atomic E-state index is -0.643. The average molecular weight is 418 g/mol. The van der Waals surface area contributed by atoms with E-state index in [1.54, 1.807) is 36.4 Å². The van der Waals surface area contributed by atoms with Gasteiger partial charge in [0.05, 0.1) is 11.3 Å². The molecular formula is C23H18N2O4S. The molecule has 0 aliphatic carbocycles. The zero-order valence-electron chi connectivity index (χ0n) is 16.4. The van der Waals surface area contributed by atoms with Crippen LogP contribution in [0.3, 0.4) is 0 Å². The van der Waals surface area contributed by atoms with Gasteiger partial charge in [0.15, 0.2) is 10.7 Å². The van der Waals surface area contributed by atoms with Gasteiger partial charge in [-0.2, -0.15) is 0 Å². The summed E-state index contributed by atoms with van der Waals surface area (Å²) in [6.45, 7) is 3.61. The summed E-state index contributed by atoms with van der Waals surface area (Å²) in [5.41, 5.74) is 2.92. The Kier molecular flexibility index (Phi) is 5.29. The first-order chi connectivity index (χ1) is 14.4. The third kappa shape index (κ3) is 3.79. The number of fused-ring (bicyclic) bond motifs is 1. The Morgan fingerprint density at radius 1 is 1.03 bits per heavy atom. The quantitative estimate of drug-likeness (QED) is 0.362. The van der Waals surface area contributed by atoms with E-state index in [4.69, 9.17) is 4.74 Å². The fourth-order valence-electron chi connectivity index (χ4n) is 3.11. The van der Waals surface area contributed by atoms with Crippen LogP contribution >= 0.6 is 11.3 Å². The van der Waals surface area contributed by atoms with Crippen LogP contribution < -0.4 is 5.56 Å². The first-order valence-electron chi connectivity index (χ1n) is 9.28. The monoisotopic (exact) mass is 418 g/mol. The van der Waals surface area contributed by atoms with E-state index in [-0.39, 0.29) is 29.1 Å². The number of carbonyl (C=O) groups is 2. The highest BCUT2D eigenvalue weighted by Gasteiger charge is 2.19. The zero-order valence-corrected chi connectivity index (χ0v) is 17.2. The molecule has 0 fully saturated rings. The molecule has 2 aromatic heterocycles. The Hall–Kier alpha value is -3.58. The minimum Gasteiger partial charge on any atom is -0.456 e. The lowest BCUT2D eigenvalue weighted by atomic mass is 9.98. The predicted octanol–water partition coefficient (Wildman–Crippen LogP) is 3.96. The van der Waals surface area contributed by atoms with Crippen molar-refractivity contribution < 1.29 is 14.3 Å². The summed E-state index contributed by atoms with van der Waals surface area (Å²) in [7, 11) is 0. The number of rotatable bonds is 5. The van der Waals surface area contributed by atoms with Gasteiger partial charge in [-0.3, -0.25) is 14.0 Å². The van der Waals surface area contributed by atoms with Crippen molar-refractivity contribution in [2.24, 2.45) is 0 Å². The molecule has 0 spiro atoms. The van der Waals surface area contributed by atoms with Crippen molar-refractivity contribution in [3.05, 3.63) is 104 Å². The summed E-state index contributed by atoms with van der Waals surface area (Å²) in [6, 6.07) is 15.0. The molecule has 2 aromatic carbocycles. The van der Waals surface area contributed by atoms with Gasteiger partial charge in [-0.1, -0.05) is 48.0 Å². The van der Waals surface area contributed by atoms with Crippen molar-refractivity contribution in [3.63, 3.8) is 0 Å². The first kappa shape index (κ1) is 19.7. The lowest BCUT2D eigenvalue weighted by Crippen LogP contribution is -2.17. The summed E-state index contributed by atoms with van der Waals surface area (Å²) in [6.07, 6.45) is 0. The third-order valence-electron chi connectivity index (χ3n) is 4.69. The van der Waals surface area contributed by atoms with Gasteiger partial charge in [0, 0.05) is 28.3 Å². The molecule has 0 radical (unpaired) electrons. The number of aryl methyl sites for hydroxylation is 2. The lowest BCUT2D eigenvalue weighted by molar-refractivity contribution is 0.0465. The highest BCUT2D eigenvalue weighted by Crippen LogP contribution is 2.17. The van der Waals surface area contributed by atoms with Gasteiger partial charge < -0.3 is 4.74 Å². The molecule has 0 bridgehead atoms. The Balaban J connectivity index is 1.56. The highest BCUT2D eigenvalue weighted by molar-refractivity contribution is 7.15. The highest BCUT2D eigenvalue weighted by atomic mass is 32.1. The number of thiazole rings is 1. The maximum Gasteiger partial charge on any atom is 0.339 e. The van der Waals surface area contributed by atoms with Gasteiger partial charge in [0.25, 0.3) is 5.56 Å². The van der Waals surface area contributed by atoms with Gasteiger partial charge in [-0.25, -0.2) is 9.78 Å². The smallest absolute Gasteiger partial charge is 0.339 e. The third-order valence-corrected chi connectivity index (χ3v) is 5.63. The second-order valence-electron chi connectivity index (χ2n) is 6.90. The predicted molar refractivity (Wildman–Crippen MR) is 114 cm³/mol. The molecule has 0 aliphatic rings. The van der Waals surface area contributed by atoms with Gasteiger partial charge in [0.1, 0.15) is 6.61 Å². The van der Waals surface area contributed by atoms with E-state index in [1.807, 2.05) is 31.4 Å². The molecule has 30 heavy (non-hydrogen) atoms. The number of carbonyl (C=O) groups excluding carboxylic acids is 2. The molecule has 0 saturated carbocycles. The normalized spacial score (nSPS) is 10.9. The van der Waals surface area contributed by atoms with Gasteiger partial charge in [-0.15, -0.1) is 11.3 Å². The average Bonchev–Trinajstić information content (AvgIpc) is 3.13. The van der Waals surface area contributed by atoms with E-state index in [2.05, 4.69) is 4.98 Å². The van der Waals surface area contributed by atoms with Crippen LogP contribution in [0.4, 0.5) is 0 Å². The van der Waals surface area contributed by atoms with E-state index in [9.17, 15) is 14.4 Å². The standard InChI is InChI=1S/C23H18N2O4S/c1-14-7-9-16(10-8-14)21(27)18-5-3-4-6-19(18)22(28)29-12-17-11-20(26)25-15(2)13-30-23(25)24-17/h3-11,13H,12H2,1-2H3. The van der Waals surface area contributed by atoms with Crippen LogP contribution in [0.15, 0.2) is 64.8 Å². The molecule has 4 rings (SSSR count). The second kappa shape index (κ2) is 8.04. The summed E-state index contributed by atoms with van der Waals surface area (Å²) in [5.74, 6) is -0.898. The van der Waals surface area contributed by atoms with Crippen molar-refractivity contribution in [1.82, 2.24) is 9.38 Å². The van der Waals surface area contributed by atoms with Crippen molar-refractivity contribution in [1.29, 1.82) is 0 Å². The second-order valence-corrected chi connectivity index (χ2v) is 7.73. The Bertz CT molecular complexity index is 1320. The summed E-state index contributed by atoms with van der Waals surface area (Å²) in [5, 5.41) is 1.84. The van der Waals surface area contributed by atoms with E-state index >= 15 is 0 Å². The maximum absolute atomic E-state index is 12.9. The van der Waals surface area contributed by atoms with Crippen molar-refractivity contribution in [3.8, 4) is 0 Å². The SMILES string of the molecule is Cc1ccc(C(=O)c2ccccc2C(=O)OCc2cc(=O)n3c(C)csc3n2)cc1. The summed E-state index contributed by atoms with van der Waals surface area (Å²) < 4.78 is 6.88. The molecule has 150 valence electrons. The molecule has 2 heterocycles. The Labute approximate surface area is 176 Å². The largest absolute Gasteiger partial charge is 0.456 e. The molecule has 0 unspecified atom stereocenters. The number of ether oxygens (including phenoxy) is 1. The maximum atomic E-state index is 12.9. The van der Waals surface area contributed by atoms with E-state index in [1.165, 1.54) is 21.8 Å². The van der Waals surface area contributed by atoms with E-state index < -0.39 is 5.97 Å². The molecule has 0 atom stereocenters. The minimum absolute atomic E-state index is 0.158. The van der Waals surface area contributed by atoms with E-state index in [0.717, 1.165) is 11.3 Å². The fourth-order valence-corrected chi connectivity index (χ4v) is 4.00. The lowest BCUT2D eigenvalue weighted by Gasteiger charge is -2.09. The van der Waals surface area contributed by atoms with Crippen LogP contribution in [0.5, 0.6) is 0 Å². The number of ketones is 1.